The number of rotatable bonds is 4. The Kier molecular flexibility index (Phi) is 4.85. The maximum absolute atomic E-state index is 13.2. The first-order valence-electron chi connectivity index (χ1n) is 9.56. The van der Waals surface area contributed by atoms with Crippen LogP contribution in [0.25, 0.3) is 0 Å². The van der Waals surface area contributed by atoms with Crippen LogP contribution in [0, 0.1) is 11.8 Å². The molecule has 0 radical (unpaired) electrons. The molecule has 148 valence electrons. The molecular formula is C21H24N2O4S. The smallest absolute Gasteiger partial charge is 0.243 e. The fraction of sp³-hybridized carbons (Fsp3) is 0.429. The Morgan fingerprint density at radius 1 is 1.21 bits per heavy atom. The Labute approximate surface area is 165 Å². The van der Waals surface area contributed by atoms with E-state index in [1.807, 2.05) is 6.07 Å². The van der Waals surface area contributed by atoms with Gasteiger partial charge in [-0.2, -0.15) is 4.31 Å². The Balaban J connectivity index is 1.62. The van der Waals surface area contributed by atoms with Gasteiger partial charge in [-0.15, -0.1) is 0 Å². The molecular weight excluding hydrogens is 376 g/mol. The fourth-order valence-corrected chi connectivity index (χ4v) is 6.19. The van der Waals surface area contributed by atoms with E-state index in [9.17, 15) is 18.3 Å². The van der Waals surface area contributed by atoms with Crippen molar-refractivity contribution >= 4 is 15.8 Å². The number of hydrogen-bond donors (Lipinski definition) is 1. The van der Waals surface area contributed by atoms with Crippen LogP contribution in [0.4, 0.5) is 0 Å². The van der Waals surface area contributed by atoms with Gasteiger partial charge in [0.25, 0.3) is 0 Å². The van der Waals surface area contributed by atoms with E-state index in [0.29, 0.717) is 18.5 Å². The third kappa shape index (κ3) is 3.17. The first kappa shape index (κ1) is 19.2. The highest BCUT2D eigenvalue weighted by Gasteiger charge is 2.52. The van der Waals surface area contributed by atoms with Gasteiger partial charge in [0.15, 0.2) is 5.78 Å². The first-order chi connectivity index (χ1) is 13.3. The van der Waals surface area contributed by atoms with Crippen molar-refractivity contribution in [2.24, 2.45) is 11.8 Å². The maximum atomic E-state index is 13.2. The third-order valence-electron chi connectivity index (χ3n) is 6.21. The lowest BCUT2D eigenvalue weighted by Crippen LogP contribution is -2.43. The SMILES string of the molecule is CC(=O)c1ccc(S(=O)(=O)N2CC3CCCC(O)(c4cccnc4)C3C2)cc1. The summed E-state index contributed by atoms with van der Waals surface area (Å²) in [6.45, 7) is 2.14. The average Bonchev–Trinajstić information content (AvgIpc) is 3.16. The Bertz CT molecular complexity index is 975. The summed E-state index contributed by atoms with van der Waals surface area (Å²) in [5, 5.41) is 11.5. The van der Waals surface area contributed by atoms with Gasteiger partial charge in [-0.3, -0.25) is 9.78 Å². The lowest BCUT2D eigenvalue weighted by atomic mass is 9.68. The number of fused-ring (bicyclic) bond motifs is 1. The van der Waals surface area contributed by atoms with E-state index >= 15 is 0 Å². The summed E-state index contributed by atoms with van der Waals surface area (Å²) in [6.07, 6.45) is 5.72. The molecule has 2 fully saturated rings. The second-order valence-corrected chi connectivity index (χ2v) is 9.77. The highest BCUT2D eigenvalue weighted by atomic mass is 32.2. The standard InChI is InChI=1S/C21H24N2O4S/c1-15(24)16-6-8-19(9-7-16)28(26,27)23-13-17-4-2-10-21(25,20(17)14-23)18-5-3-11-22-12-18/h3,5-9,11-12,17,20,25H,2,4,10,13-14H2,1H3. The minimum absolute atomic E-state index is 0.0994. The van der Waals surface area contributed by atoms with Gasteiger partial charge in [0.1, 0.15) is 0 Å². The van der Waals surface area contributed by atoms with E-state index in [-0.39, 0.29) is 29.1 Å². The number of hydrogen-bond acceptors (Lipinski definition) is 5. The van der Waals surface area contributed by atoms with E-state index in [1.165, 1.54) is 23.4 Å². The molecule has 3 atom stereocenters. The molecule has 6 nitrogen and oxygen atoms in total. The van der Waals surface area contributed by atoms with Gasteiger partial charge in [0.05, 0.1) is 10.5 Å². The van der Waals surface area contributed by atoms with Crippen LogP contribution in [0.15, 0.2) is 53.7 Å². The van der Waals surface area contributed by atoms with Crippen LogP contribution in [0.3, 0.4) is 0 Å². The number of sulfonamides is 1. The molecule has 1 aromatic carbocycles. The lowest BCUT2D eigenvalue weighted by molar-refractivity contribution is -0.0643. The molecule has 1 aromatic heterocycles. The molecule has 3 unspecified atom stereocenters. The maximum Gasteiger partial charge on any atom is 0.243 e. The summed E-state index contributed by atoms with van der Waals surface area (Å²) in [5.74, 6) is -0.139. The Morgan fingerprint density at radius 2 is 1.96 bits per heavy atom. The quantitative estimate of drug-likeness (QED) is 0.797. The minimum Gasteiger partial charge on any atom is -0.385 e. The van der Waals surface area contributed by atoms with Crippen molar-refractivity contribution in [1.29, 1.82) is 0 Å². The van der Waals surface area contributed by atoms with Crippen molar-refractivity contribution in [1.82, 2.24) is 9.29 Å². The number of aromatic nitrogens is 1. The molecule has 4 rings (SSSR count). The second-order valence-electron chi connectivity index (χ2n) is 7.83. The predicted molar refractivity (Wildman–Crippen MR) is 104 cm³/mol. The number of carbonyl (C=O) groups is 1. The van der Waals surface area contributed by atoms with Crippen molar-refractivity contribution < 1.29 is 18.3 Å². The van der Waals surface area contributed by atoms with Gasteiger partial charge >= 0.3 is 0 Å². The highest BCUT2D eigenvalue weighted by molar-refractivity contribution is 7.89. The largest absolute Gasteiger partial charge is 0.385 e. The van der Waals surface area contributed by atoms with Crippen LogP contribution in [0.5, 0.6) is 0 Å². The predicted octanol–water partition coefficient (Wildman–Crippen LogP) is 2.59. The first-order valence-corrected chi connectivity index (χ1v) is 11.0. The summed E-state index contributed by atoms with van der Waals surface area (Å²) >= 11 is 0. The number of Topliss-reactive ketones (excluding diaryl/α,β-unsaturated/α-hetero) is 1. The molecule has 2 heterocycles. The zero-order valence-corrected chi connectivity index (χ0v) is 16.6. The normalized spacial score (nSPS) is 28.1. The summed E-state index contributed by atoms with van der Waals surface area (Å²) in [5.41, 5.74) is 0.190. The number of benzene rings is 1. The molecule has 1 saturated carbocycles. The number of aliphatic hydroxyl groups is 1. The van der Waals surface area contributed by atoms with E-state index in [0.717, 1.165) is 18.4 Å². The summed E-state index contributed by atoms with van der Waals surface area (Å²) < 4.78 is 27.8. The van der Waals surface area contributed by atoms with Gasteiger partial charge in [-0.25, -0.2) is 8.42 Å². The zero-order chi connectivity index (χ0) is 19.9. The molecule has 2 aliphatic rings. The van der Waals surface area contributed by atoms with Crippen molar-refractivity contribution in [2.75, 3.05) is 13.1 Å². The number of ketones is 1. The molecule has 28 heavy (non-hydrogen) atoms. The topological polar surface area (TPSA) is 87.6 Å². The lowest BCUT2D eigenvalue weighted by Gasteiger charge is -2.41. The number of nitrogens with zero attached hydrogens (tertiary/aromatic N) is 2. The zero-order valence-electron chi connectivity index (χ0n) is 15.8. The third-order valence-corrected chi connectivity index (χ3v) is 8.06. The molecule has 1 aliphatic carbocycles. The van der Waals surface area contributed by atoms with Crippen LogP contribution in [-0.2, 0) is 15.6 Å². The Morgan fingerprint density at radius 3 is 2.61 bits per heavy atom. The van der Waals surface area contributed by atoms with E-state index in [2.05, 4.69) is 4.98 Å². The monoisotopic (exact) mass is 400 g/mol. The second kappa shape index (κ2) is 7.06. The van der Waals surface area contributed by atoms with Crippen LogP contribution < -0.4 is 0 Å². The van der Waals surface area contributed by atoms with Gasteiger partial charge in [-0.05, 0) is 50.3 Å². The molecule has 1 saturated heterocycles. The van der Waals surface area contributed by atoms with E-state index in [1.54, 1.807) is 30.6 Å². The molecule has 1 N–H and O–H groups in total. The minimum atomic E-state index is -3.68. The van der Waals surface area contributed by atoms with Gasteiger partial charge < -0.3 is 5.11 Å². The van der Waals surface area contributed by atoms with Crippen LogP contribution in [-0.4, -0.2) is 41.7 Å². The van der Waals surface area contributed by atoms with Crippen molar-refractivity contribution in [2.45, 2.75) is 36.7 Å². The van der Waals surface area contributed by atoms with Crippen LogP contribution in [0.2, 0.25) is 0 Å². The van der Waals surface area contributed by atoms with E-state index in [4.69, 9.17) is 0 Å². The molecule has 7 heteroatoms. The average molecular weight is 400 g/mol. The van der Waals surface area contributed by atoms with Gasteiger partial charge in [0.2, 0.25) is 10.0 Å². The molecule has 0 bridgehead atoms. The van der Waals surface area contributed by atoms with Crippen LogP contribution >= 0.6 is 0 Å². The highest BCUT2D eigenvalue weighted by Crippen LogP contribution is 2.48. The number of carbonyl (C=O) groups excluding carboxylic acids is 1. The van der Waals surface area contributed by atoms with Crippen molar-refractivity contribution in [3.05, 3.63) is 59.9 Å². The van der Waals surface area contributed by atoms with Crippen molar-refractivity contribution in [3.8, 4) is 0 Å². The molecule has 2 aromatic rings. The fourth-order valence-electron chi connectivity index (χ4n) is 4.67. The van der Waals surface area contributed by atoms with Crippen molar-refractivity contribution in [3.63, 3.8) is 0 Å². The Hall–Kier alpha value is -2.09. The molecule has 0 amide bonds. The summed E-state index contributed by atoms with van der Waals surface area (Å²) in [6, 6.07) is 9.74. The summed E-state index contributed by atoms with van der Waals surface area (Å²) in [7, 11) is -3.68. The number of pyridine rings is 1. The van der Waals surface area contributed by atoms with E-state index < -0.39 is 15.6 Å². The molecule has 0 spiro atoms. The van der Waals surface area contributed by atoms with Gasteiger partial charge in [0, 0.05) is 42.5 Å². The van der Waals surface area contributed by atoms with Gasteiger partial charge in [-0.1, -0.05) is 18.2 Å². The van der Waals surface area contributed by atoms with Crippen LogP contribution in [0.1, 0.15) is 42.1 Å². The molecule has 1 aliphatic heterocycles. The summed E-state index contributed by atoms with van der Waals surface area (Å²) in [4.78, 5) is 15.8.